The average molecular weight is 716 g/mol. The van der Waals surface area contributed by atoms with Crippen LogP contribution in [-0.4, -0.2) is 46.2 Å². The minimum atomic E-state index is -0.298. The molecule has 4 aliphatic heterocycles. The summed E-state index contributed by atoms with van der Waals surface area (Å²) in [6, 6.07) is 19.4. The Balaban J connectivity index is 1.38. The Kier molecular flexibility index (Phi) is 7.33. The number of rotatable bonds is 6. The van der Waals surface area contributed by atoms with Crippen LogP contribution in [0.5, 0.6) is 0 Å². The lowest BCUT2D eigenvalue weighted by Gasteiger charge is -2.28. The Bertz CT molecular complexity index is 2860. The first-order valence-electron chi connectivity index (χ1n) is 18.6. The first-order valence-corrected chi connectivity index (χ1v) is 18.6. The van der Waals surface area contributed by atoms with Gasteiger partial charge in [-0.3, -0.25) is 30.0 Å². The van der Waals surface area contributed by atoms with Gasteiger partial charge in [0.2, 0.25) is 0 Å². The molecule has 0 amide bonds. The van der Waals surface area contributed by atoms with Crippen molar-refractivity contribution < 1.29 is 4.58 Å². The van der Waals surface area contributed by atoms with Crippen molar-refractivity contribution in [2.45, 2.75) is 42.7 Å². The predicted molar refractivity (Wildman–Crippen MR) is 203 cm³/mol. The topological polar surface area (TPSA) is 102 Å². The molecule has 5 aromatic heterocycles. The van der Waals surface area contributed by atoms with Crippen molar-refractivity contribution in [3.05, 3.63) is 165 Å². The highest BCUT2D eigenvalue weighted by atomic mass is 15.1. The van der Waals surface area contributed by atoms with E-state index in [1.807, 2.05) is 0 Å². The molecule has 0 saturated heterocycles. The molecule has 10 rings (SSSR count). The summed E-state index contributed by atoms with van der Waals surface area (Å²) < 4.78 is 12.9. The van der Waals surface area contributed by atoms with Crippen LogP contribution in [0.2, 0.25) is 0 Å². The minimum Gasteiger partial charge on any atom is -0.353 e. The van der Waals surface area contributed by atoms with Crippen LogP contribution in [0.4, 0.5) is 0 Å². The summed E-state index contributed by atoms with van der Waals surface area (Å²) >= 11 is 0. The Labute approximate surface area is 311 Å². The molecule has 12 heteroatoms. The van der Waals surface area contributed by atoms with E-state index in [9.17, 15) is 0 Å². The molecule has 4 aliphatic rings. The number of aromatic nitrogens is 5. The summed E-state index contributed by atoms with van der Waals surface area (Å²) in [5, 5.41) is 4.38. The molecule has 0 bridgehead atoms. The standard InChI is InChI=1S/C42H43N12/c1-49-19-7-13-25(49)31-32(26-14-8-20-50(26)2)44-38-37(43-31)39-41(47-34(28-16-10-22-52(28)4)33(45-39)27-15-9-21-51(27)3)42-40(38)46-35(29-17-11-23-53(29)5)36(48-42)30-18-12-24-54(30)6/h7-17,19-24,31-36H,18H2,1-6H3/q+1. The molecule has 6 unspecified atom stereocenters. The zero-order valence-electron chi connectivity index (χ0n) is 31.4. The van der Waals surface area contributed by atoms with Gasteiger partial charge in [0.15, 0.2) is 18.0 Å². The molecule has 6 atom stereocenters. The fourth-order valence-corrected chi connectivity index (χ4v) is 8.87. The number of aryl methyl sites for hydroxylation is 5. The normalized spacial score (nSPS) is 24.0. The van der Waals surface area contributed by atoms with Crippen LogP contribution in [0.25, 0.3) is 0 Å². The molecule has 9 heterocycles. The van der Waals surface area contributed by atoms with E-state index in [4.69, 9.17) is 30.0 Å². The van der Waals surface area contributed by atoms with Gasteiger partial charge in [-0.2, -0.15) is 0 Å². The van der Waals surface area contributed by atoms with E-state index in [2.05, 4.69) is 174 Å². The molecule has 12 nitrogen and oxygen atoms in total. The molecule has 0 saturated carbocycles. The zero-order valence-corrected chi connectivity index (χ0v) is 31.4. The molecule has 0 radical (unpaired) electrons. The van der Waals surface area contributed by atoms with E-state index in [1.165, 1.54) is 5.71 Å². The van der Waals surface area contributed by atoms with Crippen LogP contribution in [0.3, 0.4) is 0 Å². The van der Waals surface area contributed by atoms with Crippen molar-refractivity contribution in [1.29, 1.82) is 0 Å². The molecular formula is C42H43N12+. The van der Waals surface area contributed by atoms with E-state index >= 15 is 0 Å². The van der Waals surface area contributed by atoms with Crippen molar-refractivity contribution in [3.8, 4) is 0 Å². The monoisotopic (exact) mass is 715 g/mol. The predicted octanol–water partition coefficient (Wildman–Crippen LogP) is 2.21. The van der Waals surface area contributed by atoms with Gasteiger partial charge >= 0.3 is 0 Å². The summed E-state index contributed by atoms with van der Waals surface area (Å²) in [6.07, 6.45) is 15.5. The van der Waals surface area contributed by atoms with Gasteiger partial charge in [0.05, 0.1) is 6.42 Å². The lowest BCUT2D eigenvalue weighted by atomic mass is 9.96. The third-order valence-electron chi connectivity index (χ3n) is 11.7. The highest BCUT2D eigenvalue weighted by Gasteiger charge is 2.39. The first kappa shape index (κ1) is 32.5. The number of nitrogens with zero attached hydrogens (tertiary/aromatic N) is 12. The van der Waals surface area contributed by atoms with Gasteiger partial charge in [-0.15, -0.1) is 0 Å². The van der Waals surface area contributed by atoms with Crippen LogP contribution in [-0.2, 0) is 35.2 Å². The van der Waals surface area contributed by atoms with Crippen molar-refractivity contribution in [1.82, 2.24) is 22.8 Å². The second kappa shape index (κ2) is 12.2. The summed E-state index contributed by atoms with van der Waals surface area (Å²) in [6.45, 7) is 0. The molecule has 0 aliphatic carbocycles. The van der Waals surface area contributed by atoms with Crippen LogP contribution in [0, 0.1) is 0 Å². The third-order valence-corrected chi connectivity index (χ3v) is 11.7. The maximum absolute atomic E-state index is 5.71. The molecule has 1 aromatic carbocycles. The van der Waals surface area contributed by atoms with Crippen LogP contribution < -0.4 is 32.1 Å². The van der Waals surface area contributed by atoms with Gasteiger partial charge in [0.1, 0.15) is 69.4 Å². The van der Waals surface area contributed by atoms with Gasteiger partial charge in [-0.05, 0) is 66.7 Å². The molecule has 0 N–H and O–H groups in total. The highest BCUT2D eigenvalue weighted by molar-refractivity contribution is 5.88. The van der Waals surface area contributed by atoms with E-state index in [1.54, 1.807) is 0 Å². The van der Waals surface area contributed by atoms with E-state index in [-0.39, 0.29) is 36.3 Å². The van der Waals surface area contributed by atoms with E-state index in [0.29, 0.717) is 0 Å². The van der Waals surface area contributed by atoms with Crippen LogP contribution >= 0.6 is 0 Å². The molecule has 6 aromatic rings. The molecule has 0 fully saturated rings. The Morgan fingerprint density at radius 2 is 0.685 bits per heavy atom. The zero-order chi connectivity index (χ0) is 36.8. The Morgan fingerprint density at radius 1 is 0.426 bits per heavy atom. The smallest absolute Gasteiger partial charge is 0.188 e. The largest absolute Gasteiger partial charge is 0.353 e. The van der Waals surface area contributed by atoms with Crippen molar-refractivity contribution >= 4 is 5.71 Å². The van der Waals surface area contributed by atoms with Crippen molar-refractivity contribution in [2.24, 2.45) is 65.2 Å². The summed E-state index contributed by atoms with van der Waals surface area (Å²) in [5.74, 6) is 0. The maximum Gasteiger partial charge on any atom is 0.188 e. The van der Waals surface area contributed by atoms with Crippen molar-refractivity contribution in [3.63, 3.8) is 0 Å². The first-order chi connectivity index (χ1) is 26.3. The van der Waals surface area contributed by atoms with Gasteiger partial charge in [-0.25, -0.2) is 4.58 Å². The number of benzene rings is 1. The van der Waals surface area contributed by atoms with Crippen LogP contribution in [0.1, 0.15) is 65.1 Å². The quantitative estimate of drug-likeness (QED) is 0.237. The van der Waals surface area contributed by atoms with Gasteiger partial charge in [-0.1, -0.05) is 0 Å². The number of hydrogen-bond acceptors (Lipinski definition) is 6. The SMILES string of the molecule is Cn1cccc1C1N=c2c(c3c(c4c2=NC(c2cccn2C)C(c2cccn2C)N=4)=NC(c2cccn2C)C(c2cccn2C)N=3)=NC1C1=[N+](C)C=CC1. The molecule has 0 spiro atoms. The summed E-state index contributed by atoms with van der Waals surface area (Å²) in [5.41, 5.74) is 6.60. The minimum absolute atomic E-state index is 0.247. The second-order valence-corrected chi connectivity index (χ2v) is 14.9. The maximum atomic E-state index is 5.71. The highest BCUT2D eigenvalue weighted by Crippen LogP contribution is 2.37. The molecular weight excluding hydrogens is 673 g/mol. The lowest BCUT2D eigenvalue weighted by Crippen LogP contribution is -2.69. The molecule has 54 heavy (non-hydrogen) atoms. The van der Waals surface area contributed by atoms with E-state index in [0.717, 1.165) is 67.0 Å². The van der Waals surface area contributed by atoms with Crippen molar-refractivity contribution in [2.75, 3.05) is 7.05 Å². The lowest BCUT2D eigenvalue weighted by molar-refractivity contribution is -0.421. The van der Waals surface area contributed by atoms with Crippen LogP contribution in [0.15, 0.2) is 134 Å². The Morgan fingerprint density at radius 3 is 0.907 bits per heavy atom. The third kappa shape index (κ3) is 4.85. The Hall–Kier alpha value is -6.17. The fraction of sp³-hybridized carbons (Fsp3) is 0.310. The fourth-order valence-electron chi connectivity index (χ4n) is 8.87. The molecule has 270 valence electrons. The number of allylic oxidation sites excluding steroid dienone is 1. The number of fused-ring (bicyclic) bond motifs is 6. The number of hydrogen-bond donors (Lipinski definition) is 0. The second-order valence-electron chi connectivity index (χ2n) is 14.9. The van der Waals surface area contributed by atoms with Gasteiger partial charge < -0.3 is 22.8 Å². The van der Waals surface area contributed by atoms with Gasteiger partial charge in [0.25, 0.3) is 0 Å². The summed E-state index contributed by atoms with van der Waals surface area (Å²) in [7, 11) is 12.5. The van der Waals surface area contributed by atoms with Gasteiger partial charge in [0, 0.05) is 94.7 Å². The summed E-state index contributed by atoms with van der Waals surface area (Å²) in [4.78, 5) is 34.1. The van der Waals surface area contributed by atoms with E-state index < -0.39 is 0 Å². The average Bonchev–Trinajstić information content (AvgIpc) is 4.03.